The molecule has 0 spiro atoms. The first-order chi connectivity index (χ1) is 11.7. The zero-order chi connectivity index (χ0) is 16.5. The van der Waals surface area contributed by atoms with E-state index in [1.807, 2.05) is 24.5 Å². The highest BCUT2D eigenvalue weighted by atomic mass is 32.1. The van der Waals surface area contributed by atoms with E-state index in [9.17, 15) is 0 Å². The summed E-state index contributed by atoms with van der Waals surface area (Å²) in [6, 6.07) is 3.31. The van der Waals surface area contributed by atoms with E-state index in [-0.39, 0.29) is 0 Å². The fourth-order valence-corrected chi connectivity index (χ4v) is 4.00. The molecule has 2 aliphatic rings. The predicted octanol–water partition coefficient (Wildman–Crippen LogP) is 2.03. The van der Waals surface area contributed by atoms with Crippen molar-refractivity contribution in [1.82, 2.24) is 20.2 Å². The summed E-state index contributed by atoms with van der Waals surface area (Å²) in [5.41, 5.74) is 1.81. The molecule has 1 aliphatic carbocycles. The molecule has 3 heterocycles. The Kier molecular flexibility index (Phi) is 4.22. The van der Waals surface area contributed by atoms with Crippen LogP contribution in [-0.2, 0) is 0 Å². The highest BCUT2D eigenvalue weighted by Crippen LogP contribution is 2.36. The Labute approximate surface area is 146 Å². The molecule has 0 N–H and O–H groups in total. The molecule has 2 fully saturated rings. The van der Waals surface area contributed by atoms with Crippen LogP contribution in [0.4, 0.5) is 16.8 Å². The van der Waals surface area contributed by atoms with E-state index in [1.165, 1.54) is 12.8 Å². The number of hydrogen-bond acceptors (Lipinski definition) is 8. The molecule has 2 aromatic heterocycles. The van der Waals surface area contributed by atoms with Gasteiger partial charge in [0.05, 0.1) is 0 Å². The molecule has 7 nitrogen and oxygen atoms in total. The standard InChI is InChI=1S/C16H23N7S/c1-21(2)14-9-15(18-10-17-14)23(12-3-4-12)13-5-7-22(8-6-13)16-20-19-11-24-16/h9-13H,3-8H2,1-2H3. The van der Waals surface area contributed by atoms with E-state index < -0.39 is 0 Å². The Morgan fingerprint density at radius 2 is 1.75 bits per heavy atom. The maximum absolute atomic E-state index is 4.58. The van der Waals surface area contributed by atoms with Crippen molar-refractivity contribution < 1.29 is 0 Å². The number of hydrogen-bond donors (Lipinski definition) is 0. The van der Waals surface area contributed by atoms with Crippen molar-refractivity contribution in [2.24, 2.45) is 0 Å². The fraction of sp³-hybridized carbons (Fsp3) is 0.625. The lowest BCUT2D eigenvalue weighted by Gasteiger charge is -2.39. The Bertz CT molecular complexity index is 663. The van der Waals surface area contributed by atoms with Gasteiger partial charge in [0.25, 0.3) is 0 Å². The highest BCUT2D eigenvalue weighted by Gasteiger charge is 2.37. The number of aromatic nitrogens is 4. The number of nitrogens with zero attached hydrogens (tertiary/aromatic N) is 7. The lowest BCUT2D eigenvalue weighted by atomic mass is 10.0. The maximum Gasteiger partial charge on any atom is 0.208 e. The normalized spacial score (nSPS) is 18.7. The van der Waals surface area contributed by atoms with Gasteiger partial charge in [0, 0.05) is 45.3 Å². The van der Waals surface area contributed by atoms with E-state index in [0.717, 1.165) is 42.7 Å². The van der Waals surface area contributed by atoms with Crippen LogP contribution in [0.5, 0.6) is 0 Å². The summed E-state index contributed by atoms with van der Waals surface area (Å²) in [6.07, 6.45) is 6.51. The quantitative estimate of drug-likeness (QED) is 0.821. The lowest BCUT2D eigenvalue weighted by Crippen LogP contribution is -2.46. The summed E-state index contributed by atoms with van der Waals surface area (Å²) in [5.74, 6) is 2.04. The Balaban J connectivity index is 1.49. The molecule has 0 unspecified atom stereocenters. The van der Waals surface area contributed by atoms with Crippen molar-refractivity contribution in [1.29, 1.82) is 0 Å². The van der Waals surface area contributed by atoms with Crippen LogP contribution in [0.3, 0.4) is 0 Å². The summed E-state index contributed by atoms with van der Waals surface area (Å²) >= 11 is 1.62. The molecule has 1 aliphatic heterocycles. The first kappa shape index (κ1) is 15.6. The molecule has 1 saturated carbocycles. The maximum atomic E-state index is 4.58. The van der Waals surface area contributed by atoms with Crippen LogP contribution in [0.25, 0.3) is 0 Å². The van der Waals surface area contributed by atoms with Gasteiger partial charge >= 0.3 is 0 Å². The van der Waals surface area contributed by atoms with E-state index >= 15 is 0 Å². The molecular weight excluding hydrogens is 322 g/mol. The molecular formula is C16H23N7S. The molecule has 0 amide bonds. The van der Waals surface area contributed by atoms with Crippen LogP contribution in [0.15, 0.2) is 17.9 Å². The second kappa shape index (κ2) is 6.51. The van der Waals surface area contributed by atoms with E-state index in [2.05, 4.69) is 36.0 Å². The summed E-state index contributed by atoms with van der Waals surface area (Å²) in [4.78, 5) is 15.9. The van der Waals surface area contributed by atoms with Gasteiger partial charge in [-0.15, -0.1) is 10.2 Å². The van der Waals surface area contributed by atoms with Gasteiger partial charge in [-0.2, -0.15) is 0 Å². The van der Waals surface area contributed by atoms with Crippen molar-refractivity contribution >= 4 is 28.1 Å². The van der Waals surface area contributed by atoms with Crippen LogP contribution in [-0.4, -0.2) is 59.4 Å². The molecule has 8 heteroatoms. The van der Waals surface area contributed by atoms with Gasteiger partial charge in [0.15, 0.2) is 0 Å². The van der Waals surface area contributed by atoms with Crippen molar-refractivity contribution in [3.8, 4) is 0 Å². The summed E-state index contributed by atoms with van der Waals surface area (Å²) in [6.45, 7) is 2.07. The summed E-state index contributed by atoms with van der Waals surface area (Å²) in [5, 5.41) is 9.20. The predicted molar refractivity (Wildman–Crippen MR) is 97.0 cm³/mol. The largest absolute Gasteiger partial charge is 0.363 e. The van der Waals surface area contributed by atoms with Gasteiger partial charge < -0.3 is 14.7 Å². The number of piperidine rings is 1. The molecule has 0 atom stereocenters. The van der Waals surface area contributed by atoms with E-state index in [0.29, 0.717) is 12.1 Å². The molecule has 0 bridgehead atoms. The van der Waals surface area contributed by atoms with Crippen molar-refractivity contribution in [2.75, 3.05) is 41.9 Å². The highest BCUT2D eigenvalue weighted by molar-refractivity contribution is 7.13. The average Bonchev–Trinajstić information content (AvgIpc) is 3.28. The van der Waals surface area contributed by atoms with Crippen LogP contribution in [0.2, 0.25) is 0 Å². The number of rotatable bonds is 5. The SMILES string of the molecule is CN(C)c1cc(N(C2CC2)C2CCN(c3nncs3)CC2)ncn1. The van der Waals surface area contributed by atoms with Crippen LogP contribution >= 0.6 is 11.3 Å². The second-order valence-electron chi connectivity index (χ2n) is 6.71. The fourth-order valence-electron chi connectivity index (χ4n) is 3.39. The monoisotopic (exact) mass is 345 g/mol. The molecule has 0 radical (unpaired) electrons. The first-order valence-electron chi connectivity index (χ1n) is 8.51. The van der Waals surface area contributed by atoms with Gasteiger partial charge in [-0.25, -0.2) is 9.97 Å². The van der Waals surface area contributed by atoms with Crippen LogP contribution < -0.4 is 14.7 Å². The Morgan fingerprint density at radius 1 is 1.04 bits per heavy atom. The topological polar surface area (TPSA) is 61.3 Å². The zero-order valence-corrected chi connectivity index (χ0v) is 15.0. The third-order valence-electron chi connectivity index (χ3n) is 4.78. The van der Waals surface area contributed by atoms with Gasteiger partial charge in [-0.05, 0) is 25.7 Å². The van der Waals surface area contributed by atoms with Gasteiger partial charge in [-0.3, -0.25) is 0 Å². The van der Waals surface area contributed by atoms with Crippen molar-refractivity contribution in [3.63, 3.8) is 0 Å². The third kappa shape index (κ3) is 3.15. The number of anilines is 3. The minimum Gasteiger partial charge on any atom is -0.363 e. The van der Waals surface area contributed by atoms with Crippen molar-refractivity contribution in [2.45, 2.75) is 37.8 Å². The second-order valence-corrected chi connectivity index (χ2v) is 7.52. The molecule has 128 valence electrons. The van der Waals surface area contributed by atoms with Crippen LogP contribution in [0.1, 0.15) is 25.7 Å². The zero-order valence-electron chi connectivity index (χ0n) is 14.2. The van der Waals surface area contributed by atoms with Gasteiger partial charge in [0.1, 0.15) is 23.5 Å². The van der Waals surface area contributed by atoms with E-state index in [1.54, 1.807) is 17.7 Å². The minimum absolute atomic E-state index is 0.548. The molecule has 1 saturated heterocycles. The Hall–Kier alpha value is -1.96. The third-order valence-corrected chi connectivity index (χ3v) is 5.53. The van der Waals surface area contributed by atoms with Crippen LogP contribution in [0, 0.1) is 0 Å². The lowest BCUT2D eigenvalue weighted by molar-refractivity contribution is 0.458. The first-order valence-corrected chi connectivity index (χ1v) is 9.39. The van der Waals surface area contributed by atoms with Gasteiger partial charge in [0.2, 0.25) is 5.13 Å². The average molecular weight is 345 g/mol. The molecule has 24 heavy (non-hydrogen) atoms. The minimum atomic E-state index is 0.548. The molecule has 2 aromatic rings. The summed E-state index contributed by atoms with van der Waals surface area (Å²) in [7, 11) is 4.04. The van der Waals surface area contributed by atoms with Crippen molar-refractivity contribution in [3.05, 3.63) is 17.9 Å². The van der Waals surface area contributed by atoms with E-state index in [4.69, 9.17) is 0 Å². The summed E-state index contributed by atoms with van der Waals surface area (Å²) < 4.78 is 0. The van der Waals surface area contributed by atoms with Gasteiger partial charge in [-0.1, -0.05) is 11.3 Å². The smallest absolute Gasteiger partial charge is 0.208 e. The molecule has 0 aromatic carbocycles. The molecule has 4 rings (SSSR count). The Morgan fingerprint density at radius 3 is 2.38 bits per heavy atom.